The van der Waals surface area contributed by atoms with Crippen LogP contribution in [0.4, 0.5) is 0 Å². The number of hydrogen-bond donors (Lipinski definition) is 0. The maximum Gasteiger partial charge on any atom is 0.277 e. The van der Waals surface area contributed by atoms with Crippen molar-refractivity contribution in [2.45, 2.75) is 52.9 Å². The van der Waals surface area contributed by atoms with Crippen molar-refractivity contribution in [2.75, 3.05) is 19.7 Å². The smallest absolute Gasteiger partial charge is 0.277 e. The molecular formula is C27H32N2O4. The van der Waals surface area contributed by atoms with Crippen LogP contribution in [0.2, 0.25) is 0 Å². The molecule has 2 heterocycles. The minimum Gasteiger partial charge on any atom is -0.491 e. The van der Waals surface area contributed by atoms with Crippen LogP contribution >= 0.6 is 0 Å². The molecular weight excluding hydrogens is 416 g/mol. The van der Waals surface area contributed by atoms with Gasteiger partial charge in [0.15, 0.2) is 0 Å². The van der Waals surface area contributed by atoms with E-state index in [1.54, 1.807) is 0 Å². The number of fused-ring (bicyclic) bond motifs is 1. The highest BCUT2D eigenvalue weighted by Gasteiger charge is 2.42. The van der Waals surface area contributed by atoms with E-state index in [0.29, 0.717) is 31.0 Å². The van der Waals surface area contributed by atoms with E-state index in [4.69, 9.17) is 9.47 Å². The van der Waals surface area contributed by atoms with E-state index in [2.05, 4.69) is 17.0 Å². The molecule has 4 rings (SSSR count). The number of nitrogens with zero attached hydrogens (tertiary/aromatic N) is 2. The molecule has 2 aliphatic rings. The van der Waals surface area contributed by atoms with Gasteiger partial charge in [-0.3, -0.25) is 14.5 Å². The minimum atomic E-state index is -0.265. The molecule has 6 heteroatoms. The summed E-state index contributed by atoms with van der Waals surface area (Å²) in [5.74, 6) is 0.227. The molecule has 33 heavy (non-hydrogen) atoms. The molecule has 0 saturated heterocycles. The molecule has 0 fully saturated rings. The van der Waals surface area contributed by atoms with Gasteiger partial charge in [0.1, 0.15) is 11.4 Å². The van der Waals surface area contributed by atoms with Crippen molar-refractivity contribution in [3.63, 3.8) is 0 Å². The van der Waals surface area contributed by atoms with E-state index in [1.807, 2.05) is 64.1 Å². The quantitative estimate of drug-likeness (QED) is 0.571. The Morgan fingerprint density at radius 3 is 2.24 bits per heavy atom. The van der Waals surface area contributed by atoms with Gasteiger partial charge >= 0.3 is 0 Å². The normalized spacial score (nSPS) is 16.3. The summed E-state index contributed by atoms with van der Waals surface area (Å²) in [6.07, 6.45) is 0.938. The molecule has 2 amide bonds. The summed E-state index contributed by atoms with van der Waals surface area (Å²) in [6.45, 7) is 9.68. The van der Waals surface area contributed by atoms with Crippen molar-refractivity contribution < 1.29 is 19.1 Å². The number of carbonyl (C=O) groups excluding carboxylic acids is 2. The fourth-order valence-corrected chi connectivity index (χ4v) is 4.36. The highest BCUT2D eigenvalue weighted by molar-refractivity contribution is 6.35. The highest BCUT2D eigenvalue weighted by atomic mass is 16.5. The van der Waals surface area contributed by atoms with Crippen LogP contribution in [0.1, 0.15) is 44.4 Å². The van der Waals surface area contributed by atoms with E-state index in [1.165, 1.54) is 16.0 Å². The molecule has 0 spiro atoms. The lowest BCUT2D eigenvalue weighted by Crippen LogP contribution is -2.39. The Kier molecular flexibility index (Phi) is 6.84. The fourth-order valence-electron chi connectivity index (χ4n) is 4.36. The van der Waals surface area contributed by atoms with Gasteiger partial charge in [-0.2, -0.15) is 0 Å². The maximum absolute atomic E-state index is 13.5. The lowest BCUT2D eigenvalue weighted by Gasteiger charge is -2.31. The summed E-state index contributed by atoms with van der Waals surface area (Å²) in [5.41, 5.74) is 4.16. The third-order valence-corrected chi connectivity index (χ3v) is 5.87. The van der Waals surface area contributed by atoms with Gasteiger partial charge < -0.3 is 14.4 Å². The molecule has 6 nitrogen and oxygen atoms in total. The molecule has 0 bridgehead atoms. The zero-order chi connectivity index (χ0) is 23.5. The average Bonchev–Trinajstić information content (AvgIpc) is 3.03. The Balaban J connectivity index is 1.68. The predicted molar refractivity (Wildman–Crippen MR) is 127 cm³/mol. The maximum atomic E-state index is 13.5. The number of rotatable bonds is 8. The second-order valence-electron chi connectivity index (χ2n) is 9.04. The SMILES string of the molecule is CC(C)OCCN1C(=O)C(c2ccc(OC(C)C)cc2)=C(N2CCc3ccccc3C2)C1=O. The van der Waals surface area contributed by atoms with E-state index in [-0.39, 0.29) is 30.6 Å². The Morgan fingerprint density at radius 2 is 1.58 bits per heavy atom. The van der Waals surface area contributed by atoms with Gasteiger partial charge in [-0.25, -0.2) is 0 Å². The first-order valence-corrected chi connectivity index (χ1v) is 11.7. The molecule has 2 aliphatic heterocycles. The Hall–Kier alpha value is -3.12. The summed E-state index contributed by atoms with van der Waals surface area (Å²) in [7, 11) is 0. The van der Waals surface area contributed by atoms with E-state index >= 15 is 0 Å². The molecule has 0 saturated carbocycles. The number of imide groups is 1. The first-order chi connectivity index (χ1) is 15.8. The van der Waals surface area contributed by atoms with Crippen molar-refractivity contribution in [1.82, 2.24) is 9.80 Å². The van der Waals surface area contributed by atoms with Gasteiger partial charge in [0.05, 0.1) is 30.9 Å². The number of benzene rings is 2. The summed E-state index contributed by atoms with van der Waals surface area (Å²) in [6, 6.07) is 15.7. The van der Waals surface area contributed by atoms with Gasteiger partial charge in [-0.05, 0) is 62.9 Å². The summed E-state index contributed by atoms with van der Waals surface area (Å²) < 4.78 is 11.4. The predicted octanol–water partition coefficient (Wildman–Crippen LogP) is 4.04. The fraction of sp³-hybridized carbons (Fsp3) is 0.407. The molecule has 0 aliphatic carbocycles. The standard InChI is InChI=1S/C27H32N2O4/c1-18(2)32-16-15-29-26(30)24(21-9-11-23(12-10-21)33-19(3)4)25(27(29)31)28-14-13-20-7-5-6-8-22(20)17-28/h5-12,18-19H,13-17H2,1-4H3. The van der Waals surface area contributed by atoms with E-state index < -0.39 is 0 Å². The van der Waals surface area contributed by atoms with E-state index in [0.717, 1.165) is 17.7 Å². The average molecular weight is 449 g/mol. The molecule has 0 aromatic heterocycles. The van der Waals surface area contributed by atoms with Crippen LogP contribution in [0.25, 0.3) is 5.57 Å². The Bertz CT molecular complexity index is 1060. The van der Waals surface area contributed by atoms with Gasteiger partial charge in [-0.1, -0.05) is 36.4 Å². The van der Waals surface area contributed by atoms with Crippen molar-refractivity contribution in [3.05, 3.63) is 70.9 Å². The van der Waals surface area contributed by atoms with Crippen molar-refractivity contribution in [2.24, 2.45) is 0 Å². The molecule has 2 aromatic rings. The largest absolute Gasteiger partial charge is 0.491 e. The first kappa shape index (κ1) is 23.1. The highest BCUT2D eigenvalue weighted by Crippen LogP contribution is 2.35. The van der Waals surface area contributed by atoms with Crippen LogP contribution in [0.15, 0.2) is 54.2 Å². The zero-order valence-corrected chi connectivity index (χ0v) is 19.8. The van der Waals surface area contributed by atoms with Crippen molar-refractivity contribution >= 4 is 17.4 Å². The van der Waals surface area contributed by atoms with Crippen molar-refractivity contribution in [1.29, 1.82) is 0 Å². The van der Waals surface area contributed by atoms with Crippen LogP contribution < -0.4 is 4.74 Å². The molecule has 0 unspecified atom stereocenters. The number of amides is 2. The topological polar surface area (TPSA) is 59.1 Å². The number of ether oxygens (including phenoxy) is 2. The molecule has 174 valence electrons. The second-order valence-corrected chi connectivity index (χ2v) is 9.04. The van der Waals surface area contributed by atoms with Gasteiger partial charge in [0.25, 0.3) is 11.8 Å². The van der Waals surface area contributed by atoms with Crippen LogP contribution in [0.5, 0.6) is 5.75 Å². The van der Waals surface area contributed by atoms with Crippen LogP contribution in [-0.2, 0) is 27.3 Å². The van der Waals surface area contributed by atoms with Crippen LogP contribution in [-0.4, -0.2) is 53.5 Å². The van der Waals surface area contributed by atoms with Crippen molar-refractivity contribution in [3.8, 4) is 5.75 Å². The molecule has 0 atom stereocenters. The molecule has 0 N–H and O–H groups in total. The van der Waals surface area contributed by atoms with Gasteiger partial charge in [0, 0.05) is 13.1 Å². The first-order valence-electron chi connectivity index (χ1n) is 11.7. The number of hydrogen-bond acceptors (Lipinski definition) is 5. The lowest BCUT2D eigenvalue weighted by molar-refractivity contribution is -0.138. The third kappa shape index (κ3) is 4.96. The van der Waals surface area contributed by atoms with Crippen LogP contribution in [0.3, 0.4) is 0 Å². The molecule has 2 aromatic carbocycles. The zero-order valence-electron chi connectivity index (χ0n) is 19.8. The minimum absolute atomic E-state index is 0.0387. The van der Waals surface area contributed by atoms with Gasteiger partial charge in [-0.15, -0.1) is 0 Å². The van der Waals surface area contributed by atoms with Gasteiger partial charge in [0.2, 0.25) is 0 Å². The van der Waals surface area contributed by atoms with E-state index in [9.17, 15) is 9.59 Å². The number of carbonyl (C=O) groups is 2. The summed E-state index contributed by atoms with van der Waals surface area (Å²) >= 11 is 0. The second kappa shape index (κ2) is 9.79. The summed E-state index contributed by atoms with van der Waals surface area (Å²) in [5, 5.41) is 0. The third-order valence-electron chi connectivity index (χ3n) is 5.87. The monoisotopic (exact) mass is 448 g/mol. The Labute approximate surface area is 195 Å². The molecule has 0 radical (unpaired) electrons. The summed E-state index contributed by atoms with van der Waals surface area (Å²) in [4.78, 5) is 30.4. The Morgan fingerprint density at radius 1 is 0.879 bits per heavy atom. The lowest BCUT2D eigenvalue weighted by atomic mass is 9.98. The van der Waals surface area contributed by atoms with Crippen LogP contribution in [0, 0.1) is 0 Å².